The van der Waals surface area contributed by atoms with Gasteiger partial charge in [0.2, 0.25) is 5.91 Å². The van der Waals surface area contributed by atoms with Crippen molar-refractivity contribution in [1.29, 1.82) is 0 Å². The van der Waals surface area contributed by atoms with Gasteiger partial charge in [-0.05, 0) is 32.2 Å². The van der Waals surface area contributed by atoms with Crippen LogP contribution in [0.15, 0.2) is 0 Å². The number of amides is 1. The molecule has 0 aromatic heterocycles. The maximum absolute atomic E-state index is 11.6. The second-order valence-corrected chi connectivity index (χ2v) is 4.41. The predicted molar refractivity (Wildman–Crippen MR) is 64.3 cm³/mol. The minimum Gasteiger partial charge on any atom is -0.381 e. The van der Waals surface area contributed by atoms with Gasteiger partial charge in [0.15, 0.2) is 0 Å². The summed E-state index contributed by atoms with van der Waals surface area (Å²) in [6.45, 7) is 7.50. The van der Waals surface area contributed by atoms with E-state index in [0.717, 1.165) is 39.1 Å². The van der Waals surface area contributed by atoms with Crippen LogP contribution in [0.25, 0.3) is 0 Å². The number of carbonyl (C=O) groups is 1. The Labute approximate surface area is 98.1 Å². The third-order valence-electron chi connectivity index (χ3n) is 3.14. The van der Waals surface area contributed by atoms with Crippen LogP contribution in [0, 0.1) is 5.92 Å². The summed E-state index contributed by atoms with van der Waals surface area (Å²) in [6, 6.07) is 0.276. The fourth-order valence-corrected chi connectivity index (χ4v) is 2.04. The van der Waals surface area contributed by atoms with Gasteiger partial charge >= 0.3 is 0 Å². The van der Waals surface area contributed by atoms with E-state index in [-0.39, 0.29) is 11.9 Å². The van der Waals surface area contributed by atoms with Crippen molar-refractivity contribution in [2.45, 2.75) is 39.2 Å². The highest BCUT2D eigenvalue weighted by Gasteiger charge is 2.21. The van der Waals surface area contributed by atoms with Gasteiger partial charge in [0.25, 0.3) is 0 Å². The molecule has 1 aliphatic heterocycles. The molecule has 1 aliphatic rings. The topological polar surface area (TPSA) is 50.4 Å². The van der Waals surface area contributed by atoms with Crippen molar-refractivity contribution in [3.8, 4) is 0 Å². The normalized spacial score (nSPS) is 19.4. The van der Waals surface area contributed by atoms with Gasteiger partial charge in [-0.3, -0.25) is 4.79 Å². The average molecular weight is 228 g/mol. The van der Waals surface area contributed by atoms with Gasteiger partial charge in [0, 0.05) is 32.2 Å². The van der Waals surface area contributed by atoms with Crippen molar-refractivity contribution in [3.05, 3.63) is 0 Å². The summed E-state index contributed by atoms with van der Waals surface area (Å²) in [7, 11) is 0. The molecule has 0 aromatic carbocycles. The largest absolute Gasteiger partial charge is 0.381 e. The van der Waals surface area contributed by atoms with E-state index in [4.69, 9.17) is 4.74 Å². The van der Waals surface area contributed by atoms with Crippen LogP contribution in [-0.2, 0) is 9.53 Å². The van der Waals surface area contributed by atoms with Crippen LogP contribution in [0.4, 0.5) is 0 Å². The van der Waals surface area contributed by atoms with Gasteiger partial charge in [-0.1, -0.05) is 6.92 Å². The Balaban J connectivity index is 2.16. The molecule has 1 amide bonds. The summed E-state index contributed by atoms with van der Waals surface area (Å²) in [5.74, 6) is 0.733. The van der Waals surface area contributed by atoms with Gasteiger partial charge in [-0.15, -0.1) is 0 Å². The van der Waals surface area contributed by atoms with Crippen LogP contribution < -0.4 is 10.6 Å². The Morgan fingerprint density at radius 1 is 1.44 bits per heavy atom. The van der Waals surface area contributed by atoms with Crippen LogP contribution in [0.2, 0.25) is 0 Å². The first kappa shape index (κ1) is 13.5. The zero-order chi connectivity index (χ0) is 11.8. The summed E-state index contributed by atoms with van der Waals surface area (Å²) in [5, 5.41) is 6.23. The summed E-state index contributed by atoms with van der Waals surface area (Å²) in [5.41, 5.74) is 0. The first-order valence-corrected chi connectivity index (χ1v) is 6.32. The average Bonchev–Trinajstić information content (AvgIpc) is 2.30. The maximum Gasteiger partial charge on any atom is 0.221 e. The molecule has 1 saturated heterocycles. The molecule has 1 fully saturated rings. The van der Waals surface area contributed by atoms with Crippen LogP contribution in [0.5, 0.6) is 0 Å². The Morgan fingerprint density at radius 2 is 2.12 bits per heavy atom. The number of carbonyl (C=O) groups excluding carboxylic acids is 1. The van der Waals surface area contributed by atoms with E-state index in [2.05, 4.69) is 17.6 Å². The van der Waals surface area contributed by atoms with E-state index < -0.39 is 0 Å². The van der Waals surface area contributed by atoms with E-state index in [1.54, 1.807) is 0 Å². The first-order valence-electron chi connectivity index (χ1n) is 6.32. The number of nitrogens with one attached hydrogen (secondary N) is 2. The molecule has 1 unspecified atom stereocenters. The molecule has 4 nitrogen and oxygen atoms in total. The molecular formula is C12H24N2O2. The van der Waals surface area contributed by atoms with E-state index in [0.29, 0.717) is 12.3 Å². The molecule has 0 saturated carbocycles. The van der Waals surface area contributed by atoms with Crippen molar-refractivity contribution in [2.24, 2.45) is 5.92 Å². The second-order valence-electron chi connectivity index (χ2n) is 4.41. The smallest absolute Gasteiger partial charge is 0.221 e. The van der Waals surface area contributed by atoms with Crippen molar-refractivity contribution >= 4 is 5.91 Å². The standard InChI is InChI=1S/C12H24N2O2/c1-3-13-7-4-12(15)14-10(2)11-5-8-16-9-6-11/h10-11,13H,3-9H2,1-2H3,(H,14,15). The summed E-state index contributed by atoms with van der Waals surface area (Å²) in [6.07, 6.45) is 2.70. The van der Waals surface area contributed by atoms with E-state index in [1.165, 1.54) is 0 Å². The van der Waals surface area contributed by atoms with Crippen molar-refractivity contribution < 1.29 is 9.53 Å². The molecule has 1 heterocycles. The van der Waals surface area contributed by atoms with Crippen LogP contribution >= 0.6 is 0 Å². The molecule has 0 aromatic rings. The molecule has 1 atom stereocenters. The molecule has 0 aliphatic carbocycles. The maximum atomic E-state index is 11.6. The number of rotatable bonds is 6. The lowest BCUT2D eigenvalue weighted by atomic mass is 9.93. The van der Waals surface area contributed by atoms with E-state index >= 15 is 0 Å². The highest BCUT2D eigenvalue weighted by Crippen LogP contribution is 2.18. The molecule has 4 heteroatoms. The predicted octanol–water partition coefficient (Wildman–Crippen LogP) is 0.917. The summed E-state index contributed by atoms with van der Waals surface area (Å²) in [4.78, 5) is 11.6. The molecule has 94 valence electrons. The molecule has 0 spiro atoms. The van der Waals surface area contributed by atoms with Crippen LogP contribution in [0.1, 0.15) is 33.1 Å². The zero-order valence-corrected chi connectivity index (χ0v) is 10.4. The van der Waals surface area contributed by atoms with Crippen LogP contribution in [-0.4, -0.2) is 38.3 Å². The third kappa shape index (κ3) is 4.94. The van der Waals surface area contributed by atoms with Crippen LogP contribution in [0.3, 0.4) is 0 Å². The molecular weight excluding hydrogens is 204 g/mol. The molecule has 0 bridgehead atoms. The highest BCUT2D eigenvalue weighted by molar-refractivity contribution is 5.76. The quantitative estimate of drug-likeness (QED) is 0.665. The zero-order valence-electron chi connectivity index (χ0n) is 10.4. The van der Waals surface area contributed by atoms with Gasteiger partial charge in [0.05, 0.1) is 0 Å². The first-order chi connectivity index (χ1) is 7.74. The Kier molecular flexibility index (Phi) is 6.42. The lowest BCUT2D eigenvalue weighted by Gasteiger charge is -2.28. The minimum atomic E-state index is 0.153. The van der Waals surface area contributed by atoms with Crippen molar-refractivity contribution in [2.75, 3.05) is 26.3 Å². The number of hydrogen-bond donors (Lipinski definition) is 2. The monoisotopic (exact) mass is 228 g/mol. The number of ether oxygens (including phenoxy) is 1. The van der Waals surface area contributed by atoms with Gasteiger partial charge in [-0.25, -0.2) is 0 Å². The third-order valence-corrected chi connectivity index (χ3v) is 3.14. The summed E-state index contributed by atoms with van der Waals surface area (Å²) >= 11 is 0. The van der Waals surface area contributed by atoms with Gasteiger partial charge in [-0.2, -0.15) is 0 Å². The Bertz CT molecular complexity index is 203. The Hall–Kier alpha value is -0.610. The molecule has 2 N–H and O–H groups in total. The lowest BCUT2D eigenvalue weighted by Crippen LogP contribution is -2.41. The van der Waals surface area contributed by atoms with Gasteiger partial charge in [0.1, 0.15) is 0 Å². The minimum absolute atomic E-state index is 0.153. The SMILES string of the molecule is CCNCCC(=O)NC(C)C1CCOCC1. The fourth-order valence-electron chi connectivity index (χ4n) is 2.04. The molecule has 16 heavy (non-hydrogen) atoms. The Morgan fingerprint density at radius 3 is 2.75 bits per heavy atom. The summed E-state index contributed by atoms with van der Waals surface area (Å²) < 4.78 is 5.31. The molecule has 1 rings (SSSR count). The lowest BCUT2D eigenvalue weighted by molar-refractivity contribution is -0.122. The van der Waals surface area contributed by atoms with E-state index in [9.17, 15) is 4.79 Å². The number of hydrogen-bond acceptors (Lipinski definition) is 3. The van der Waals surface area contributed by atoms with Crippen molar-refractivity contribution in [1.82, 2.24) is 10.6 Å². The molecule has 0 radical (unpaired) electrons. The van der Waals surface area contributed by atoms with E-state index in [1.807, 2.05) is 6.92 Å². The van der Waals surface area contributed by atoms with Gasteiger partial charge < -0.3 is 15.4 Å². The highest BCUT2D eigenvalue weighted by atomic mass is 16.5. The fraction of sp³-hybridized carbons (Fsp3) is 0.917. The van der Waals surface area contributed by atoms with Crippen molar-refractivity contribution in [3.63, 3.8) is 0 Å². The second kappa shape index (κ2) is 7.63.